The number of halogens is 1. The van der Waals surface area contributed by atoms with Crippen LogP contribution in [0.25, 0.3) is 0 Å². The predicted octanol–water partition coefficient (Wildman–Crippen LogP) is 4.88. The fourth-order valence-corrected chi connectivity index (χ4v) is 2.38. The van der Waals surface area contributed by atoms with Crippen LogP contribution in [0.2, 0.25) is 5.02 Å². The zero-order valence-electron chi connectivity index (χ0n) is 9.74. The molecular formula is C13H15ClN2S. The van der Waals surface area contributed by atoms with Gasteiger partial charge in [0.15, 0.2) is 5.13 Å². The van der Waals surface area contributed by atoms with Crippen molar-refractivity contribution in [2.24, 2.45) is 0 Å². The number of thiazole rings is 1. The van der Waals surface area contributed by atoms with Gasteiger partial charge in [0.25, 0.3) is 0 Å². The summed E-state index contributed by atoms with van der Waals surface area (Å²) in [6.45, 7) is 2.19. The van der Waals surface area contributed by atoms with Crippen LogP contribution in [0.3, 0.4) is 0 Å². The Kier molecular flexibility index (Phi) is 4.40. The molecule has 1 aromatic heterocycles. The van der Waals surface area contributed by atoms with E-state index in [1.54, 1.807) is 11.3 Å². The fourth-order valence-electron chi connectivity index (χ4n) is 1.49. The highest BCUT2D eigenvalue weighted by atomic mass is 35.5. The van der Waals surface area contributed by atoms with Gasteiger partial charge in [-0.15, -0.1) is 11.3 Å². The summed E-state index contributed by atoms with van der Waals surface area (Å²) in [7, 11) is 0. The molecule has 0 bridgehead atoms. The molecule has 0 radical (unpaired) electrons. The highest BCUT2D eigenvalue weighted by Gasteiger charge is 2.01. The molecule has 0 aliphatic carbocycles. The first kappa shape index (κ1) is 12.4. The third-order valence-electron chi connectivity index (χ3n) is 2.43. The summed E-state index contributed by atoms with van der Waals surface area (Å²) in [5.74, 6) is 0. The minimum absolute atomic E-state index is 0.748. The zero-order chi connectivity index (χ0) is 12.1. The Morgan fingerprint density at radius 3 is 2.76 bits per heavy atom. The van der Waals surface area contributed by atoms with E-state index >= 15 is 0 Å². The molecule has 4 heteroatoms. The predicted molar refractivity (Wildman–Crippen MR) is 75.5 cm³/mol. The van der Waals surface area contributed by atoms with E-state index in [1.807, 2.05) is 24.3 Å². The van der Waals surface area contributed by atoms with Crippen LogP contribution >= 0.6 is 22.9 Å². The van der Waals surface area contributed by atoms with Crippen molar-refractivity contribution in [3.63, 3.8) is 0 Å². The van der Waals surface area contributed by atoms with E-state index in [0.717, 1.165) is 22.3 Å². The third kappa shape index (κ3) is 3.72. The summed E-state index contributed by atoms with van der Waals surface area (Å²) in [6, 6.07) is 7.65. The van der Waals surface area contributed by atoms with Crippen molar-refractivity contribution < 1.29 is 0 Å². The molecule has 0 atom stereocenters. The van der Waals surface area contributed by atoms with E-state index in [1.165, 1.54) is 18.5 Å². The number of unbranched alkanes of at least 4 members (excludes halogenated alkanes) is 1. The second kappa shape index (κ2) is 6.03. The van der Waals surface area contributed by atoms with Gasteiger partial charge in [-0.1, -0.05) is 24.9 Å². The topological polar surface area (TPSA) is 24.9 Å². The third-order valence-corrected chi connectivity index (χ3v) is 3.49. The number of benzene rings is 1. The average molecular weight is 267 g/mol. The maximum Gasteiger partial charge on any atom is 0.187 e. The highest BCUT2D eigenvalue weighted by Crippen LogP contribution is 2.22. The van der Waals surface area contributed by atoms with Gasteiger partial charge in [-0.25, -0.2) is 4.98 Å². The molecule has 2 aromatic rings. The van der Waals surface area contributed by atoms with Gasteiger partial charge in [-0.2, -0.15) is 0 Å². The van der Waals surface area contributed by atoms with Crippen LogP contribution in [0.5, 0.6) is 0 Å². The lowest BCUT2D eigenvalue weighted by atomic mass is 10.2. The molecule has 17 heavy (non-hydrogen) atoms. The summed E-state index contributed by atoms with van der Waals surface area (Å²) in [5.41, 5.74) is 2.19. The average Bonchev–Trinajstić information content (AvgIpc) is 2.77. The van der Waals surface area contributed by atoms with Crippen LogP contribution in [-0.4, -0.2) is 4.98 Å². The van der Waals surface area contributed by atoms with Gasteiger partial charge < -0.3 is 5.32 Å². The zero-order valence-corrected chi connectivity index (χ0v) is 11.3. The summed E-state index contributed by atoms with van der Waals surface area (Å²) in [5, 5.41) is 7.09. The van der Waals surface area contributed by atoms with Crippen molar-refractivity contribution in [2.75, 3.05) is 5.32 Å². The normalized spacial score (nSPS) is 10.5. The minimum atomic E-state index is 0.748. The van der Waals surface area contributed by atoms with Gasteiger partial charge in [0.05, 0.1) is 5.69 Å². The monoisotopic (exact) mass is 266 g/mol. The van der Waals surface area contributed by atoms with Crippen LogP contribution in [-0.2, 0) is 6.42 Å². The van der Waals surface area contributed by atoms with Gasteiger partial charge >= 0.3 is 0 Å². The van der Waals surface area contributed by atoms with E-state index in [-0.39, 0.29) is 0 Å². The maximum atomic E-state index is 5.84. The number of hydrogen-bond donors (Lipinski definition) is 1. The molecule has 1 N–H and O–H groups in total. The number of hydrogen-bond acceptors (Lipinski definition) is 3. The van der Waals surface area contributed by atoms with E-state index in [9.17, 15) is 0 Å². The van der Waals surface area contributed by atoms with Crippen molar-refractivity contribution in [1.29, 1.82) is 0 Å². The molecule has 0 saturated heterocycles. The molecule has 2 rings (SSSR count). The minimum Gasteiger partial charge on any atom is -0.332 e. The number of anilines is 2. The van der Waals surface area contributed by atoms with Gasteiger partial charge in [0.2, 0.25) is 0 Å². The molecule has 2 nitrogen and oxygen atoms in total. The SMILES string of the molecule is CCCCc1csc(Nc2ccc(Cl)cc2)n1. The standard InChI is InChI=1S/C13H15ClN2S/c1-2-3-4-12-9-17-13(16-12)15-11-7-5-10(14)6-8-11/h5-9H,2-4H2,1H3,(H,15,16). The Morgan fingerprint density at radius 1 is 1.29 bits per heavy atom. The maximum absolute atomic E-state index is 5.84. The molecule has 0 amide bonds. The van der Waals surface area contributed by atoms with Crippen molar-refractivity contribution in [3.8, 4) is 0 Å². The fraction of sp³-hybridized carbons (Fsp3) is 0.308. The molecule has 0 spiro atoms. The Balaban J connectivity index is 1.98. The smallest absolute Gasteiger partial charge is 0.187 e. The number of aromatic nitrogens is 1. The lowest BCUT2D eigenvalue weighted by Crippen LogP contribution is -1.90. The van der Waals surface area contributed by atoms with E-state index in [2.05, 4.69) is 22.6 Å². The molecular weight excluding hydrogens is 252 g/mol. The van der Waals surface area contributed by atoms with Crippen molar-refractivity contribution in [2.45, 2.75) is 26.2 Å². The van der Waals surface area contributed by atoms with Crippen LogP contribution in [0.4, 0.5) is 10.8 Å². The molecule has 0 aliphatic heterocycles. The molecule has 90 valence electrons. The number of aryl methyl sites for hydroxylation is 1. The summed E-state index contributed by atoms with van der Waals surface area (Å²) in [4.78, 5) is 4.54. The van der Waals surface area contributed by atoms with Crippen molar-refractivity contribution >= 4 is 33.8 Å². The first-order chi connectivity index (χ1) is 8.28. The molecule has 0 aliphatic rings. The van der Waals surface area contributed by atoms with Crippen molar-refractivity contribution in [1.82, 2.24) is 4.98 Å². The van der Waals surface area contributed by atoms with Gasteiger partial charge in [-0.05, 0) is 37.1 Å². The number of rotatable bonds is 5. The van der Waals surface area contributed by atoms with Gasteiger partial charge in [0.1, 0.15) is 0 Å². The molecule has 1 aromatic carbocycles. The van der Waals surface area contributed by atoms with E-state index in [4.69, 9.17) is 11.6 Å². The second-order valence-electron chi connectivity index (χ2n) is 3.88. The molecule has 0 saturated carbocycles. The summed E-state index contributed by atoms with van der Waals surface area (Å²) in [6.07, 6.45) is 3.47. The van der Waals surface area contributed by atoms with Gasteiger partial charge in [-0.3, -0.25) is 0 Å². The first-order valence-electron chi connectivity index (χ1n) is 5.75. The summed E-state index contributed by atoms with van der Waals surface area (Å²) < 4.78 is 0. The Morgan fingerprint density at radius 2 is 2.06 bits per heavy atom. The van der Waals surface area contributed by atoms with Gasteiger partial charge in [0, 0.05) is 16.1 Å². The Bertz CT molecular complexity index is 465. The van der Waals surface area contributed by atoms with Crippen LogP contribution < -0.4 is 5.32 Å². The van der Waals surface area contributed by atoms with Crippen molar-refractivity contribution in [3.05, 3.63) is 40.4 Å². The van der Waals surface area contributed by atoms with E-state index in [0.29, 0.717) is 0 Å². The van der Waals surface area contributed by atoms with Crippen LogP contribution in [0.15, 0.2) is 29.6 Å². The number of nitrogens with zero attached hydrogens (tertiary/aromatic N) is 1. The lowest BCUT2D eigenvalue weighted by Gasteiger charge is -2.01. The first-order valence-corrected chi connectivity index (χ1v) is 7.00. The largest absolute Gasteiger partial charge is 0.332 e. The quantitative estimate of drug-likeness (QED) is 0.834. The lowest BCUT2D eigenvalue weighted by molar-refractivity contribution is 0.782. The summed E-state index contributed by atoms with van der Waals surface area (Å²) >= 11 is 7.48. The number of nitrogens with one attached hydrogen (secondary N) is 1. The Labute approximate surface area is 111 Å². The molecule has 0 fully saturated rings. The highest BCUT2D eigenvalue weighted by molar-refractivity contribution is 7.13. The van der Waals surface area contributed by atoms with Crippen LogP contribution in [0, 0.1) is 0 Å². The second-order valence-corrected chi connectivity index (χ2v) is 5.17. The van der Waals surface area contributed by atoms with E-state index < -0.39 is 0 Å². The Hall–Kier alpha value is -1.06. The molecule has 0 unspecified atom stereocenters. The van der Waals surface area contributed by atoms with Crippen LogP contribution in [0.1, 0.15) is 25.5 Å². The molecule has 1 heterocycles.